The first-order chi connectivity index (χ1) is 9.39. The van der Waals surface area contributed by atoms with Crippen LogP contribution in [0.4, 0.5) is 13.2 Å². The molecule has 0 saturated carbocycles. The number of halogens is 4. The van der Waals surface area contributed by atoms with Crippen molar-refractivity contribution in [1.29, 1.82) is 0 Å². The number of ether oxygens (including phenoxy) is 1. The molecule has 1 heterocycles. The fourth-order valence-electron chi connectivity index (χ4n) is 1.62. The molecular weight excluding hydrogens is 295 g/mol. The topological polar surface area (TPSA) is 39.2 Å². The molecule has 0 spiro atoms. The second-order valence-electron chi connectivity index (χ2n) is 3.76. The van der Waals surface area contributed by atoms with Crippen molar-refractivity contribution in [2.24, 2.45) is 0 Å². The number of carbonyl (C=O) groups is 1. The Kier molecular flexibility index (Phi) is 3.94. The van der Waals surface area contributed by atoms with Crippen molar-refractivity contribution >= 4 is 17.9 Å². The molecule has 0 bridgehead atoms. The summed E-state index contributed by atoms with van der Waals surface area (Å²) in [4.78, 5) is 14.7. The minimum absolute atomic E-state index is 0.113. The number of hydrogen-bond acceptors (Lipinski definition) is 3. The van der Waals surface area contributed by atoms with Crippen LogP contribution >= 0.6 is 11.6 Å². The summed E-state index contributed by atoms with van der Waals surface area (Å²) in [6.45, 7) is 0. The molecule has 0 aliphatic rings. The van der Waals surface area contributed by atoms with Crippen LogP contribution in [0.2, 0.25) is 5.15 Å². The van der Waals surface area contributed by atoms with Crippen molar-refractivity contribution < 1.29 is 22.7 Å². The molecule has 7 heteroatoms. The predicted octanol–water partition coefficient (Wildman–Crippen LogP) is 4.11. The average molecular weight is 302 g/mol. The van der Waals surface area contributed by atoms with Gasteiger partial charge in [-0.05, 0) is 29.8 Å². The SMILES string of the molecule is O=Cc1nc(Cl)ccc1-c1ccc(OC(F)(F)F)cc1. The number of aromatic nitrogens is 1. The number of alkyl halides is 3. The van der Waals surface area contributed by atoms with E-state index in [1.54, 1.807) is 6.07 Å². The van der Waals surface area contributed by atoms with E-state index < -0.39 is 6.36 Å². The van der Waals surface area contributed by atoms with Crippen molar-refractivity contribution in [2.45, 2.75) is 6.36 Å². The molecule has 0 radical (unpaired) electrons. The highest BCUT2D eigenvalue weighted by Gasteiger charge is 2.30. The Morgan fingerprint density at radius 1 is 1.10 bits per heavy atom. The van der Waals surface area contributed by atoms with Crippen LogP contribution in [0.5, 0.6) is 5.75 Å². The second kappa shape index (κ2) is 5.50. The van der Waals surface area contributed by atoms with Crippen LogP contribution in [0.15, 0.2) is 36.4 Å². The Bertz CT molecular complexity index is 627. The Balaban J connectivity index is 2.33. The van der Waals surface area contributed by atoms with E-state index in [-0.39, 0.29) is 16.6 Å². The van der Waals surface area contributed by atoms with Gasteiger partial charge in [-0.15, -0.1) is 13.2 Å². The molecule has 104 valence electrons. The zero-order valence-corrected chi connectivity index (χ0v) is 10.6. The second-order valence-corrected chi connectivity index (χ2v) is 4.14. The monoisotopic (exact) mass is 301 g/mol. The van der Waals surface area contributed by atoms with Gasteiger partial charge in [0.25, 0.3) is 0 Å². The lowest BCUT2D eigenvalue weighted by molar-refractivity contribution is -0.274. The normalized spacial score (nSPS) is 11.2. The lowest BCUT2D eigenvalue weighted by Gasteiger charge is -2.10. The third-order valence-corrected chi connectivity index (χ3v) is 2.61. The van der Waals surface area contributed by atoms with E-state index in [9.17, 15) is 18.0 Å². The minimum Gasteiger partial charge on any atom is -0.406 e. The van der Waals surface area contributed by atoms with Crippen LogP contribution in [-0.2, 0) is 0 Å². The maximum atomic E-state index is 12.0. The van der Waals surface area contributed by atoms with E-state index in [2.05, 4.69) is 9.72 Å². The van der Waals surface area contributed by atoms with E-state index in [1.165, 1.54) is 18.2 Å². The number of aldehydes is 1. The summed E-state index contributed by atoms with van der Waals surface area (Å²) >= 11 is 5.67. The first-order valence-electron chi connectivity index (χ1n) is 5.37. The molecule has 0 atom stereocenters. The first kappa shape index (κ1) is 14.3. The molecule has 0 N–H and O–H groups in total. The fourth-order valence-corrected chi connectivity index (χ4v) is 1.77. The largest absolute Gasteiger partial charge is 0.573 e. The summed E-state index contributed by atoms with van der Waals surface area (Å²) in [7, 11) is 0. The third-order valence-electron chi connectivity index (χ3n) is 2.40. The smallest absolute Gasteiger partial charge is 0.406 e. The molecule has 3 nitrogen and oxygen atoms in total. The van der Waals surface area contributed by atoms with Gasteiger partial charge in [0.1, 0.15) is 16.6 Å². The Labute approximate surface area is 117 Å². The van der Waals surface area contributed by atoms with Gasteiger partial charge in [0.15, 0.2) is 6.29 Å². The van der Waals surface area contributed by atoms with Crippen molar-refractivity contribution in [3.05, 3.63) is 47.2 Å². The van der Waals surface area contributed by atoms with Crippen molar-refractivity contribution in [3.63, 3.8) is 0 Å². The van der Waals surface area contributed by atoms with Crippen LogP contribution in [0.3, 0.4) is 0 Å². The lowest BCUT2D eigenvalue weighted by atomic mass is 10.0. The summed E-state index contributed by atoms with van der Waals surface area (Å²) in [6.07, 6.45) is -4.21. The van der Waals surface area contributed by atoms with Gasteiger partial charge in [-0.2, -0.15) is 0 Å². The minimum atomic E-state index is -4.74. The average Bonchev–Trinajstić information content (AvgIpc) is 2.38. The van der Waals surface area contributed by atoms with Crippen LogP contribution in [0, 0.1) is 0 Å². The molecule has 0 saturated heterocycles. The predicted molar refractivity (Wildman–Crippen MR) is 66.8 cm³/mol. The highest BCUT2D eigenvalue weighted by Crippen LogP contribution is 2.28. The van der Waals surface area contributed by atoms with Gasteiger partial charge in [0, 0.05) is 5.56 Å². The molecule has 1 aromatic carbocycles. The van der Waals surface area contributed by atoms with Gasteiger partial charge in [-0.25, -0.2) is 4.98 Å². The maximum absolute atomic E-state index is 12.0. The number of nitrogens with zero attached hydrogens (tertiary/aromatic N) is 1. The number of rotatable bonds is 3. The van der Waals surface area contributed by atoms with E-state index in [0.29, 0.717) is 17.4 Å². The standard InChI is InChI=1S/C13H7ClF3NO2/c14-12-6-5-10(11(7-19)18-12)8-1-3-9(4-2-8)20-13(15,16)17/h1-7H. The molecule has 0 amide bonds. The van der Waals surface area contributed by atoms with Crippen LogP contribution in [0.25, 0.3) is 11.1 Å². The summed E-state index contributed by atoms with van der Waals surface area (Å²) in [5, 5.41) is 0.160. The highest BCUT2D eigenvalue weighted by atomic mass is 35.5. The quantitative estimate of drug-likeness (QED) is 0.632. The Morgan fingerprint density at radius 3 is 2.30 bits per heavy atom. The molecule has 2 rings (SSSR count). The Morgan fingerprint density at radius 2 is 1.75 bits per heavy atom. The molecular formula is C13H7ClF3NO2. The number of hydrogen-bond donors (Lipinski definition) is 0. The zero-order valence-electron chi connectivity index (χ0n) is 9.82. The fraction of sp³-hybridized carbons (Fsp3) is 0.0769. The summed E-state index contributed by atoms with van der Waals surface area (Å²) in [6, 6.07) is 8.18. The van der Waals surface area contributed by atoms with Crippen LogP contribution in [0.1, 0.15) is 10.5 Å². The van der Waals surface area contributed by atoms with Gasteiger partial charge >= 0.3 is 6.36 Å². The lowest BCUT2D eigenvalue weighted by Crippen LogP contribution is -2.16. The molecule has 2 aromatic rings. The molecule has 0 unspecified atom stereocenters. The number of pyridine rings is 1. The van der Waals surface area contributed by atoms with Gasteiger partial charge in [0.2, 0.25) is 0 Å². The summed E-state index contributed by atoms with van der Waals surface area (Å²) in [5.41, 5.74) is 1.12. The number of carbonyl (C=O) groups excluding carboxylic acids is 1. The van der Waals surface area contributed by atoms with Gasteiger partial charge in [-0.3, -0.25) is 4.79 Å². The highest BCUT2D eigenvalue weighted by molar-refractivity contribution is 6.29. The van der Waals surface area contributed by atoms with Crippen molar-refractivity contribution in [1.82, 2.24) is 4.98 Å². The van der Waals surface area contributed by atoms with Gasteiger partial charge in [0.05, 0.1) is 0 Å². The van der Waals surface area contributed by atoms with E-state index in [4.69, 9.17) is 11.6 Å². The van der Waals surface area contributed by atoms with E-state index in [0.717, 1.165) is 12.1 Å². The summed E-state index contributed by atoms with van der Waals surface area (Å²) < 4.78 is 39.9. The van der Waals surface area contributed by atoms with Crippen LogP contribution < -0.4 is 4.74 Å². The molecule has 0 aliphatic heterocycles. The molecule has 20 heavy (non-hydrogen) atoms. The van der Waals surface area contributed by atoms with Crippen molar-refractivity contribution in [3.8, 4) is 16.9 Å². The Hall–Kier alpha value is -2.08. The van der Waals surface area contributed by atoms with Crippen LogP contribution in [-0.4, -0.2) is 17.6 Å². The van der Waals surface area contributed by atoms with Gasteiger partial charge < -0.3 is 4.74 Å². The summed E-state index contributed by atoms with van der Waals surface area (Å²) in [5.74, 6) is -0.337. The number of benzene rings is 1. The molecule has 1 aromatic heterocycles. The maximum Gasteiger partial charge on any atom is 0.573 e. The van der Waals surface area contributed by atoms with Crippen molar-refractivity contribution in [2.75, 3.05) is 0 Å². The first-order valence-corrected chi connectivity index (χ1v) is 5.75. The molecule has 0 fully saturated rings. The van der Waals surface area contributed by atoms with E-state index in [1.807, 2.05) is 0 Å². The zero-order chi connectivity index (χ0) is 14.8. The third kappa shape index (κ3) is 3.48. The van der Waals surface area contributed by atoms with Gasteiger partial charge in [-0.1, -0.05) is 23.7 Å². The molecule has 0 aliphatic carbocycles. The van der Waals surface area contributed by atoms with E-state index >= 15 is 0 Å².